The minimum absolute atomic E-state index is 0.223. The maximum absolute atomic E-state index is 6.12. The molecule has 0 aliphatic carbocycles. The Morgan fingerprint density at radius 1 is 1.23 bits per heavy atom. The minimum atomic E-state index is 0.223. The number of rotatable bonds is 5. The second-order valence-electron chi connectivity index (χ2n) is 4.87. The average molecular weight is 186 g/mol. The van der Waals surface area contributed by atoms with Gasteiger partial charge < -0.3 is 10.6 Å². The number of likely N-dealkylation sites (N-methyl/N-ethyl adjacent to an activating group) is 1. The lowest BCUT2D eigenvalue weighted by molar-refractivity contribution is 0.206. The zero-order valence-electron chi connectivity index (χ0n) is 9.93. The largest absolute Gasteiger partial charge is 0.326 e. The molecule has 2 N–H and O–H groups in total. The van der Waals surface area contributed by atoms with Gasteiger partial charge in [-0.15, -0.1) is 0 Å². The molecule has 0 bridgehead atoms. The van der Waals surface area contributed by atoms with Gasteiger partial charge in [-0.05, 0) is 24.9 Å². The molecule has 0 aromatic heterocycles. The molecule has 0 saturated heterocycles. The first-order chi connectivity index (χ1) is 5.91. The van der Waals surface area contributed by atoms with Gasteiger partial charge in [-0.2, -0.15) is 0 Å². The van der Waals surface area contributed by atoms with Crippen molar-refractivity contribution in [1.82, 2.24) is 4.90 Å². The van der Waals surface area contributed by atoms with Gasteiger partial charge in [-0.1, -0.05) is 34.6 Å². The molecule has 2 heteroatoms. The van der Waals surface area contributed by atoms with Gasteiger partial charge in [0.15, 0.2) is 0 Å². The van der Waals surface area contributed by atoms with Crippen LogP contribution in [0.1, 0.15) is 41.0 Å². The fraction of sp³-hybridized carbons (Fsp3) is 1.00. The summed E-state index contributed by atoms with van der Waals surface area (Å²) in [5, 5.41) is 0. The van der Waals surface area contributed by atoms with E-state index in [4.69, 9.17) is 5.73 Å². The van der Waals surface area contributed by atoms with Crippen molar-refractivity contribution in [2.24, 2.45) is 11.1 Å². The second-order valence-corrected chi connectivity index (χ2v) is 4.87. The highest BCUT2D eigenvalue weighted by Gasteiger charge is 2.21. The molecule has 0 saturated carbocycles. The van der Waals surface area contributed by atoms with Gasteiger partial charge in [0.05, 0.1) is 0 Å². The average Bonchev–Trinajstić information content (AvgIpc) is 2.01. The van der Waals surface area contributed by atoms with Gasteiger partial charge in [0.2, 0.25) is 0 Å². The molecular formula is C11H26N2. The molecule has 0 aromatic rings. The van der Waals surface area contributed by atoms with Crippen LogP contribution in [-0.2, 0) is 0 Å². The Labute approximate surface area is 83.5 Å². The molecule has 2 nitrogen and oxygen atoms in total. The van der Waals surface area contributed by atoms with Gasteiger partial charge in [0.1, 0.15) is 0 Å². The Hall–Kier alpha value is -0.0800. The van der Waals surface area contributed by atoms with Crippen molar-refractivity contribution in [3.8, 4) is 0 Å². The third-order valence-corrected chi connectivity index (χ3v) is 2.55. The number of nitrogens with two attached hydrogens (primary N) is 1. The molecule has 1 atom stereocenters. The van der Waals surface area contributed by atoms with Crippen LogP contribution in [0.2, 0.25) is 0 Å². The van der Waals surface area contributed by atoms with E-state index in [9.17, 15) is 0 Å². The van der Waals surface area contributed by atoms with Gasteiger partial charge >= 0.3 is 0 Å². The summed E-state index contributed by atoms with van der Waals surface area (Å²) in [7, 11) is 0. The summed E-state index contributed by atoms with van der Waals surface area (Å²) in [5.74, 6) is 0. The topological polar surface area (TPSA) is 29.3 Å². The predicted octanol–water partition coefficient (Wildman–Crippen LogP) is 2.09. The van der Waals surface area contributed by atoms with Crippen LogP contribution in [0.25, 0.3) is 0 Å². The molecule has 0 heterocycles. The Morgan fingerprint density at radius 2 is 1.77 bits per heavy atom. The lowest BCUT2D eigenvalue weighted by Gasteiger charge is -2.32. The van der Waals surface area contributed by atoms with Crippen LogP contribution >= 0.6 is 0 Å². The maximum Gasteiger partial charge on any atom is 0.0217 e. The maximum atomic E-state index is 6.12. The molecule has 0 fully saturated rings. The highest BCUT2D eigenvalue weighted by atomic mass is 15.1. The quantitative estimate of drug-likeness (QED) is 0.712. The van der Waals surface area contributed by atoms with Crippen molar-refractivity contribution in [1.29, 1.82) is 0 Å². The molecule has 80 valence electrons. The molecular weight excluding hydrogens is 160 g/mol. The summed E-state index contributed by atoms with van der Waals surface area (Å²) >= 11 is 0. The lowest BCUT2D eigenvalue weighted by atomic mass is 9.87. The number of hydrogen-bond acceptors (Lipinski definition) is 2. The predicted molar refractivity (Wildman–Crippen MR) is 59.8 cm³/mol. The number of nitrogens with zero attached hydrogens (tertiary/aromatic N) is 1. The van der Waals surface area contributed by atoms with E-state index in [1.54, 1.807) is 0 Å². The van der Waals surface area contributed by atoms with E-state index >= 15 is 0 Å². The van der Waals surface area contributed by atoms with Crippen molar-refractivity contribution < 1.29 is 0 Å². The third kappa shape index (κ3) is 5.27. The van der Waals surface area contributed by atoms with Crippen LogP contribution in [0.5, 0.6) is 0 Å². The monoisotopic (exact) mass is 186 g/mol. The van der Waals surface area contributed by atoms with Crippen LogP contribution in [-0.4, -0.2) is 30.6 Å². The third-order valence-electron chi connectivity index (χ3n) is 2.55. The molecule has 0 radical (unpaired) electrons. The summed E-state index contributed by atoms with van der Waals surface area (Å²) in [6, 6.07) is 0.277. The molecule has 1 unspecified atom stereocenters. The first-order valence-corrected chi connectivity index (χ1v) is 5.39. The van der Waals surface area contributed by atoms with Gasteiger partial charge in [0, 0.05) is 12.6 Å². The summed E-state index contributed by atoms with van der Waals surface area (Å²) in [6.45, 7) is 14.3. The smallest absolute Gasteiger partial charge is 0.0217 e. The molecule has 0 amide bonds. The normalized spacial score (nSPS) is 15.0. The van der Waals surface area contributed by atoms with E-state index in [1.807, 2.05) is 0 Å². The van der Waals surface area contributed by atoms with Crippen molar-refractivity contribution in [2.45, 2.75) is 47.1 Å². The first kappa shape index (κ1) is 12.9. The van der Waals surface area contributed by atoms with Crippen LogP contribution in [0, 0.1) is 5.41 Å². The van der Waals surface area contributed by atoms with Crippen molar-refractivity contribution in [3.63, 3.8) is 0 Å². The highest BCUT2D eigenvalue weighted by molar-refractivity contribution is 4.79. The van der Waals surface area contributed by atoms with E-state index in [2.05, 4.69) is 39.5 Å². The van der Waals surface area contributed by atoms with Gasteiger partial charge in [-0.25, -0.2) is 0 Å². The zero-order valence-corrected chi connectivity index (χ0v) is 9.93. The molecule has 0 aliphatic heterocycles. The van der Waals surface area contributed by atoms with E-state index in [1.165, 1.54) is 13.0 Å². The standard InChI is InChI=1S/C11H26N2/c1-6-8-13(7-2)9-10(12)11(3,4)5/h10H,6-9,12H2,1-5H3. The summed E-state index contributed by atoms with van der Waals surface area (Å²) in [6.07, 6.45) is 1.21. The Morgan fingerprint density at radius 3 is 2.08 bits per heavy atom. The Balaban J connectivity index is 3.93. The minimum Gasteiger partial charge on any atom is -0.326 e. The van der Waals surface area contributed by atoms with Crippen LogP contribution in [0.15, 0.2) is 0 Å². The number of hydrogen-bond donors (Lipinski definition) is 1. The lowest BCUT2D eigenvalue weighted by Crippen LogP contribution is -2.45. The second kappa shape index (κ2) is 5.61. The summed E-state index contributed by atoms with van der Waals surface area (Å²) in [5.41, 5.74) is 6.34. The van der Waals surface area contributed by atoms with Crippen molar-refractivity contribution in [2.75, 3.05) is 19.6 Å². The van der Waals surface area contributed by atoms with Crippen LogP contribution < -0.4 is 5.73 Å². The molecule has 0 aromatic carbocycles. The molecule has 0 aliphatic rings. The fourth-order valence-electron chi connectivity index (χ4n) is 1.25. The van der Waals surface area contributed by atoms with Crippen molar-refractivity contribution in [3.05, 3.63) is 0 Å². The fourth-order valence-corrected chi connectivity index (χ4v) is 1.25. The first-order valence-electron chi connectivity index (χ1n) is 5.39. The highest BCUT2D eigenvalue weighted by Crippen LogP contribution is 2.17. The Bertz CT molecular complexity index is 127. The van der Waals surface area contributed by atoms with Crippen LogP contribution in [0.4, 0.5) is 0 Å². The molecule has 0 spiro atoms. The van der Waals surface area contributed by atoms with Crippen molar-refractivity contribution >= 4 is 0 Å². The summed E-state index contributed by atoms with van der Waals surface area (Å²) in [4.78, 5) is 2.43. The van der Waals surface area contributed by atoms with E-state index in [0.717, 1.165) is 13.1 Å². The van der Waals surface area contributed by atoms with E-state index in [-0.39, 0.29) is 11.5 Å². The van der Waals surface area contributed by atoms with E-state index < -0.39 is 0 Å². The van der Waals surface area contributed by atoms with Crippen LogP contribution in [0.3, 0.4) is 0 Å². The SMILES string of the molecule is CCCN(CC)CC(N)C(C)(C)C. The molecule has 13 heavy (non-hydrogen) atoms. The zero-order chi connectivity index (χ0) is 10.5. The molecule has 0 rings (SSSR count). The van der Waals surface area contributed by atoms with E-state index in [0.29, 0.717) is 0 Å². The van der Waals surface area contributed by atoms with Gasteiger partial charge in [-0.3, -0.25) is 0 Å². The Kier molecular flexibility index (Phi) is 5.57. The summed E-state index contributed by atoms with van der Waals surface area (Å²) < 4.78 is 0. The van der Waals surface area contributed by atoms with Gasteiger partial charge in [0.25, 0.3) is 0 Å².